The van der Waals surface area contributed by atoms with Gasteiger partial charge in [-0.1, -0.05) is 41.5 Å². The van der Waals surface area contributed by atoms with Gasteiger partial charge < -0.3 is 4.98 Å². The average Bonchev–Trinajstić information content (AvgIpc) is 2.80. The zero-order chi connectivity index (χ0) is 14.4. The average molecular weight is 261 g/mol. The molecule has 0 saturated heterocycles. The number of hydrogen-bond acceptors (Lipinski definition) is 3. The van der Waals surface area contributed by atoms with Gasteiger partial charge in [0.2, 0.25) is 0 Å². The number of nitrogens with zero attached hydrogens (tertiary/aromatic N) is 4. The maximum Gasteiger partial charge on any atom is 0.194 e. The zero-order valence-corrected chi connectivity index (χ0v) is 12.9. The molecule has 0 amide bonds. The number of rotatable bonds is 1. The van der Waals surface area contributed by atoms with Crippen molar-refractivity contribution in [2.45, 2.75) is 52.4 Å². The second kappa shape index (κ2) is 4.18. The molecule has 0 unspecified atom stereocenters. The topological polar surface area (TPSA) is 59.4 Å². The molecule has 0 aliphatic carbocycles. The molecule has 2 rings (SSSR count). The molecule has 0 radical (unpaired) electrons. The van der Waals surface area contributed by atoms with E-state index in [1.54, 1.807) is 4.68 Å². The van der Waals surface area contributed by atoms with Crippen LogP contribution >= 0.6 is 0 Å². The van der Waals surface area contributed by atoms with E-state index in [9.17, 15) is 0 Å². The van der Waals surface area contributed by atoms with Crippen molar-refractivity contribution in [1.29, 1.82) is 0 Å². The third kappa shape index (κ3) is 2.69. The van der Waals surface area contributed by atoms with E-state index < -0.39 is 0 Å². The van der Waals surface area contributed by atoms with E-state index in [2.05, 4.69) is 61.6 Å². The number of aromatic nitrogens is 5. The maximum atomic E-state index is 4.60. The second-order valence-corrected chi connectivity index (χ2v) is 7.03. The first kappa shape index (κ1) is 13.8. The van der Waals surface area contributed by atoms with Crippen LogP contribution in [0.1, 0.15) is 53.1 Å². The lowest BCUT2D eigenvalue weighted by Gasteiger charge is -2.14. The van der Waals surface area contributed by atoms with Crippen molar-refractivity contribution in [3.8, 4) is 11.6 Å². The van der Waals surface area contributed by atoms with Crippen molar-refractivity contribution in [2.24, 2.45) is 7.05 Å². The Kier molecular flexibility index (Phi) is 3.03. The van der Waals surface area contributed by atoms with Gasteiger partial charge in [-0.05, 0) is 0 Å². The Morgan fingerprint density at radius 2 is 1.68 bits per heavy atom. The minimum atomic E-state index is -0.0601. The number of hydrogen-bond donors (Lipinski definition) is 1. The largest absolute Gasteiger partial charge is 0.339 e. The molecule has 0 atom stereocenters. The number of aryl methyl sites for hydroxylation is 1. The van der Waals surface area contributed by atoms with Crippen molar-refractivity contribution >= 4 is 0 Å². The fraction of sp³-hybridized carbons (Fsp3) is 0.643. The van der Waals surface area contributed by atoms with Crippen LogP contribution in [0.4, 0.5) is 0 Å². The maximum absolute atomic E-state index is 4.60. The minimum absolute atomic E-state index is 0.0523. The number of imidazole rings is 1. The summed E-state index contributed by atoms with van der Waals surface area (Å²) in [6.45, 7) is 12.8. The van der Waals surface area contributed by atoms with Gasteiger partial charge in [0.05, 0.1) is 0 Å². The van der Waals surface area contributed by atoms with E-state index in [1.165, 1.54) is 0 Å². The zero-order valence-electron chi connectivity index (χ0n) is 12.9. The fourth-order valence-corrected chi connectivity index (χ4v) is 1.72. The normalized spacial score (nSPS) is 13.0. The quantitative estimate of drug-likeness (QED) is 0.858. The minimum Gasteiger partial charge on any atom is -0.339 e. The van der Waals surface area contributed by atoms with Gasteiger partial charge in [-0.25, -0.2) is 14.6 Å². The molecule has 0 spiro atoms. The SMILES string of the molecule is Cn1nc(C(C)(C)C)nc1-c1ncc(C(C)(C)C)[nH]1. The van der Waals surface area contributed by atoms with Gasteiger partial charge in [0.25, 0.3) is 0 Å². The fourth-order valence-electron chi connectivity index (χ4n) is 1.72. The van der Waals surface area contributed by atoms with E-state index >= 15 is 0 Å². The summed E-state index contributed by atoms with van der Waals surface area (Å²) in [6, 6.07) is 0. The highest BCUT2D eigenvalue weighted by Crippen LogP contribution is 2.25. The van der Waals surface area contributed by atoms with Crippen molar-refractivity contribution in [1.82, 2.24) is 24.7 Å². The molecular formula is C14H23N5. The van der Waals surface area contributed by atoms with Crippen LogP contribution in [0.15, 0.2) is 6.20 Å². The summed E-state index contributed by atoms with van der Waals surface area (Å²) in [6.07, 6.45) is 1.88. The number of nitrogens with one attached hydrogen (secondary N) is 1. The van der Waals surface area contributed by atoms with Gasteiger partial charge in [-0.2, -0.15) is 5.10 Å². The molecule has 0 bridgehead atoms. The Morgan fingerprint density at radius 3 is 2.11 bits per heavy atom. The van der Waals surface area contributed by atoms with Crippen LogP contribution in [0, 0.1) is 0 Å². The van der Waals surface area contributed by atoms with Crippen LogP contribution in [0.5, 0.6) is 0 Å². The summed E-state index contributed by atoms with van der Waals surface area (Å²) >= 11 is 0. The number of aromatic amines is 1. The lowest BCUT2D eigenvalue weighted by Crippen LogP contribution is -2.13. The van der Waals surface area contributed by atoms with Crippen LogP contribution in [-0.2, 0) is 17.9 Å². The highest BCUT2D eigenvalue weighted by molar-refractivity contribution is 5.44. The van der Waals surface area contributed by atoms with E-state index in [0.717, 1.165) is 23.2 Å². The Bertz CT molecular complexity index is 578. The van der Waals surface area contributed by atoms with Crippen LogP contribution in [0.3, 0.4) is 0 Å². The van der Waals surface area contributed by atoms with E-state index in [4.69, 9.17) is 0 Å². The molecule has 2 aromatic rings. The van der Waals surface area contributed by atoms with Crippen LogP contribution in [0.2, 0.25) is 0 Å². The van der Waals surface area contributed by atoms with E-state index in [1.807, 2.05) is 13.2 Å². The summed E-state index contributed by atoms with van der Waals surface area (Å²) in [5, 5.41) is 4.48. The Hall–Kier alpha value is -1.65. The van der Waals surface area contributed by atoms with Gasteiger partial charge >= 0.3 is 0 Å². The highest BCUT2D eigenvalue weighted by atomic mass is 15.3. The Balaban J connectivity index is 2.43. The highest BCUT2D eigenvalue weighted by Gasteiger charge is 2.23. The molecule has 19 heavy (non-hydrogen) atoms. The third-order valence-electron chi connectivity index (χ3n) is 3.03. The molecule has 2 heterocycles. The van der Waals surface area contributed by atoms with Crippen molar-refractivity contribution in [2.75, 3.05) is 0 Å². The molecule has 5 nitrogen and oxygen atoms in total. The van der Waals surface area contributed by atoms with Crippen LogP contribution in [0.25, 0.3) is 11.6 Å². The summed E-state index contributed by atoms with van der Waals surface area (Å²) in [4.78, 5) is 12.4. The Morgan fingerprint density at radius 1 is 1.05 bits per heavy atom. The molecule has 0 aliphatic rings. The van der Waals surface area contributed by atoms with Gasteiger partial charge in [-0.3, -0.25) is 0 Å². The molecule has 0 fully saturated rings. The third-order valence-corrected chi connectivity index (χ3v) is 3.03. The lowest BCUT2D eigenvalue weighted by molar-refractivity contribution is 0.538. The first-order valence-corrected chi connectivity index (χ1v) is 6.56. The molecule has 104 valence electrons. The first-order valence-electron chi connectivity index (χ1n) is 6.56. The molecule has 5 heteroatoms. The Labute approximate surface area is 114 Å². The molecule has 1 N–H and O–H groups in total. The van der Waals surface area contributed by atoms with E-state index in [0.29, 0.717) is 0 Å². The van der Waals surface area contributed by atoms with E-state index in [-0.39, 0.29) is 10.8 Å². The van der Waals surface area contributed by atoms with Crippen molar-refractivity contribution in [3.63, 3.8) is 0 Å². The standard InChI is InChI=1S/C14H23N5/c1-13(2,3)9-8-15-10(16-9)11-17-12(14(4,5)6)18-19(11)7/h8H,1-7H3,(H,15,16). The first-order chi connectivity index (χ1) is 8.59. The van der Waals surface area contributed by atoms with Gasteiger partial charge in [0.1, 0.15) is 0 Å². The predicted molar refractivity (Wildman–Crippen MR) is 76.0 cm³/mol. The van der Waals surface area contributed by atoms with Crippen molar-refractivity contribution in [3.05, 3.63) is 17.7 Å². The molecular weight excluding hydrogens is 238 g/mol. The van der Waals surface area contributed by atoms with Gasteiger partial charge in [0.15, 0.2) is 17.5 Å². The smallest absolute Gasteiger partial charge is 0.194 e. The predicted octanol–water partition coefficient (Wildman–Crippen LogP) is 2.80. The monoisotopic (exact) mass is 261 g/mol. The van der Waals surface area contributed by atoms with Crippen LogP contribution in [-0.4, -0.2) is 24.7 Å². The van der Waals surface area contributed by atoms with Gasteiger partial charge in [0, 0.05) is 29.8 Å². The summed E-state index contributed by atoms with van der Waals surface area (Å²) in [7, 11) is 1.90. The molecule has 2 aromatic heterocycles. The van der Waals surface area contributed by atoms with Crippen LogP contribution < -0.4 is 0 Å². The van der Waals surface area contributed by atoms with Crippen molar-refractivity contribution < 1.29 is 0 Å². The molecule has 0 aliphatic heterocycles. The lowest BCUT2D eigenvalue weighted by atomic mass is 9.93. The molecule has 0 saturated carbocycles. The van der Waals surface area contributed by atoms with Gasteiger partial charge in [-0.15, -0.1) is 0 Å². The number of H-pyrrole nitrogens is 1. The summed E-state index contributed by atoms with van der Waals surface area (Å²) < 4.78 is 1.78. The molecule has 0 aromatic carbocycles. The summed E-state index contributed by atoms with van der Waals surface area (Å²) in [5.74, 6) is 2.38. The summed E-state index contributed by atoms with van der Waals surface area (Å²) in [5.41, 5.74) is 1.09. The second-order valence-electron chi connectivity index (χ2n) is 7.03.